The summed E-state index contributed by atoms with van der Waals surface area (Å²) >= 11 is 0. The van der Waals surface area contributed by atoms with Crippen molar-refractivity contribution in [2.24, 2.45) is 7.05 Å². The molecular weight excluding hydrogens is 236 g/mol. The molecule has 102 valence electrons. The molecule has 0 radical (unpaired) electrons. The molecule has 0 aliphatic carbocycles. The molecule has 0 bridgehead atoms. The molecular formula is C11H20N4O3. The maximum Gasteiger partial charge on any atom is 0.334 e. The van der Waals surface area contributed by atoms with Crippen LogP contribution >= 0.6 is 0 Å². The standard InChI is InChI=1S/C11H20N4O3/c1-5-6-9-10(15(17)18)11(14(4)12-9)13(3)8(2)7-16/h8,16H,5-7H2,1-4H3. The van der Waals surface area contributed by atoms with Crippen LogP contribution in [-0.2, 0) is 13.5 Å². The minimum atomic E-state index is -0.395. The Kier molecular flexibility index (Phi) is 4.66. The molecule has 0 aliphatic rings. The molecule has 0 aromatic carbocycles. The number of hydrogen-bond acceptors (Lipinski definition) is 5. The molecule has 7 nitrogen and oxygen atoms in total. The number of hydrogen-bond donors (Lipinski definition) is 1. The van der Waals surface area contributed by atoms with Crippen molar-refractivity contribution in [2.45, 2.75) is 32.7 Å². The Labute approximate surface area is 106 Å². The van der Waals surface area contributed by atoms with E-state index in [1.165, 1.54) is 4.68 Å². The van der Waals surface area contributed by atoms with Gasteiger partial charge < -0.3 is 10.0 Å². The Bertz CT molecular complexity index is 430. The Balaban J connectivity index is 3.29. The molecule has 0 fully saturated rings. The van der Waals surface area contributed by atoms with Crippen molar-refractivity contribution in [1.82, 2.24) is 9.78 Å². The number of aromatic nitrogens is 2. The van der Waals surface area contributed by atoms with Gasteiger partial charge in [0.2, 0.25) is 5.82 Å². The van der Waals surface area contributed by atoms with Crippen molar-refractivity contribution >= 4 is 11.5 Å². The van der Waals surface area contributed by atoms with E-state index >= 15 is 0 Å². The number of aliphatic hydroxyl groups is 1. The minimum absolute atomic E-state index is 0.0437. The highest BCUT2D eigenvalue weighted by Crippen LogP contribution is 2.32. The van der Waals surface area contributed by atoms with Crippen molar-refractivity contribution < 1.29 is 10.0 Å². The number of anilines is 1. The first-order valence-electron chi connectivity index (χ1n) is 5.97. The minimum Gasteiger partial charge on any atom is -0.394 e. The van der Waals surface area contributed by atoms with Gasteiger partial charge >= 0.3 is 5.69 Å². The Hall–Kier alpha value is -1.63. The van der Waals surface area contributed by atoms with E-state index in [-0.39, 0.29) is 18.3 Å². The van der Waals surface area contributed by atoms with Crippen LogP contribution in [0.3, 0.4) is 0 Å². The fraction of sp³-hybridized carbons (Fsp3) is 0.727. The fourth-order valence-electron chi connectivity index (χ4n) is 1.88. The lowest BCUT2D eigenvalue weighted by Crippen LogP contribution is -2.33. The lowest BCUT2D eigenvalue weighted by atomic mass is 10.2. The monoisotopic (exact) mass is 256 g/mol. The van der Waals surface area contributed by atoms with Crippen LogP contribution in [-0.4, -0.2) is 39.5 Å². The molecule has 1 rings (SSSR count). The van der Waals surface area contributed by atoms with E-state index in [4.69, 9.17) is 5.11 Å². The zero-order chi connectivity index (χ0) is 13.9. The summed E-state index contributed by atoms with van der Waals surface area (Å²) in [5.74, 6) is 0.435. The van der Waals surface area contributed by atoms with Crippen LogP contribution in [0.5, 0.6) is 0 Å². The molecule has 1 aromatic rings. The van der Waals surface area contributed by atoms with E-state index < -0.39 is 4.92 Å². The largest absolute Gasteiger partial charge is 0.394 e. The van der Waals surface area contributed by atoms with E-state index in [1.54, 1.807) is 25.9 Å². The van der Waals surface area contributed by atoms with Crippen molar-refractivity contribution in [2.75, 3.05) is 18.6 Å². The van der Waals surface area contributed by atoms with Gasteiger partial charge in [-0.25, -0.2) is 4.68 Å². The summed E-state index contributed by atoms with van der Waals surface area (Å²) in [6.45, 7) is 3.69. The Morgan fingerprint density at radius 1 is 1.61 bits per heavy atom. The van der Waals surface area contributed by atoms with Crippen LogP contribution in [0.1, 0.15) is 26.0 Å². The average Bonchev–Trinajstić information content (AvgIpc) is 2.64. The summed E-state index contributed by atoms with van der Waals surface area (Å²) in [6, 6.07) is -0.200. The average molecular weight is 256 g/mol. The topological polar surface area (TPSA) is 84.4 Å². The van der Waals surface area contributed by atoms with Gasteiger partial charge in [0.15, 0.2) is 0 Å². The molecule has 0 saturated heterocycles. The smallest absolute Gasteiger partial charge is 0.334 e. The number of nitro groups is 1. The zero-order valence-corrected chi connectivity index (χ0v) is 11.3. The van der Waals surface area contributed by atoms with E-state index in [9.17, 15) is 10.1 Å². The van der Waals surface area contributed by atoms with E-state index in [0.29, 0.717) is 17.9 Å². The number of nitrogens with zero attached hydrogens (tertiary/aromatic N) is 4. The molecule has 18 heavy (non-hydrogen) atoms. The SMILES string of the molecule is CCCc1nn(C)c(N(C)C(C)CO)c1[N+](=O)[O-]. The summed E-state index contributed by atoms with van der Waals surface area (Å²) in [6.07, 6.45) is 1.38. The summed E-state index contributed by atoms with van der Waals surface area (Å²) < 4.78 is 1.51. The second kappa shape index (κ2) is 5.81. The molecule has 0 amide bonds. The second-order valence-electron chi connectivity index (χ2n) is 4.39. The molecule has 7 heteroatoms. The van der Waals surface area contributed by atoms with Crippen LogP contribution in [0.2, 0.25) is 0 Å². The fourth-order valence-corrected chi connectivity index (χ4v) is 1.88. The van der Waals surface area contributed by atoms with Crippen LogP contribution in [0.15, 0.2) is 0 Å². The van der Waals surface area contributed by atoms with Gasteiger partial charge in [-0.2, -0.15) is 5.10 Å². The maximum atomic E-state index is 11.2. The second-order valence-corrected chi connectivity index (χ2v) is 4.39. The van der Waals surface area contributed by atoms with Gasteiger partial charge in [0, 0.05) is 14.1 Å². The third-order valence-corrected chi connectivity index (χ3v) is 2.99. The summed E-state index contributed by atoms with van der Waals surface area (Å²) in [5, 5.41) is 24.6. The first kappa shape index (κ1) is 14.4. The van der Waals surface area contributed by atoms with E-state index in [0.717, 1.165) is 6.42 Å². The van der Waals surface area contributed by atoms with Crippen molar-refractivity contribution in [1.29, 1.82) is 0 Å². The Morgan fingerprint density at radius 2 is 2.22 bits per heavy atom. The highest BCUT2D eigenvalue weighted by atomic mass is 16.6. The van der Waals surface area contributed by atoms with Crippen LogP contribution in [0.25, 0.3) is 0 Å². The van der Waals surface area contributed by atoms with E-state index in [1.807, 2.05) is 6.92 Å². The van der Waals surface area contributed by atoms with Gasteiger partial charge in [0.25, 0.3) is 0 Å². The van der Waals surface area contributed by atoms with Crippen LogP contribution in [0.4, 0.5) is 11.5 Å². The number of likely N-dealkylation sites (N-methyl/N-ethyl adjacent to an activating group) is 1. The molecule has 0 aliphatic heterocycles. The van der Waals surface area contributed by atoms with Gasteiger partial charge in [-0.05, 0) is 13.3 Å². The lowest BCUT2D eigenvalue weighted by molar-refractivity contribution is -0.384. The molecule has 1 unspecified atom stereocenters. The summed E-state index contributed by atoms with van der Waals surface area (Å²) in [7, 11) is 3.41. The normalized spacial score (nSPS) is 12.5. The molecule has 0 spiro atoms. The van der Waals surface area contributed by atoms with Crippen LogP contribution < -0.4 is 4.90 Å². The summed E-state index contributed by atoms with van der Waals surface area (Å²) in [4.78, 5) is 12.5. The summed E-state index contributed by atoms with van der Waals surface area (Å²) in [5.41, 5.74) is 0.541. The van der Waals surface area contributed by atoms with Gasteiger partial charge in [0.1, 0.15) is 5.69 Å². The first-order valence-corrected chi connectivity index (χ1v) is 5.97. The third-order valence-electron chi connectivity index (χ3n) is 2.99. The highest BCUT2D eigenvalue weighted by Gasteiger charge is 2.30. The van der Waals surface area contributed by atoms with Crippen molar-refractivity contribution in [3.8, 4) is 0 Å². The predicted molar refractivity (Wildman–Crippen MR) is 68.8 cm³/mol. The van der Waals surface area contributed by atoms with Crippen LogP contribution in [0, 0.1) is 10.1 Å². The number of rotatable bonds is 6. The van der Waals surface area contributed by atoms with Gasteiger partial charge in [0.05, 0.1) is 17.6 Å². The molecule has 1 aromatic heterocycles. The maximum absolute atomic E-state index is 11.2. The van der Waals surface area contributed by atoms with E-state index in [2.05, 4.69) is 5.10 Å². The molecule has 0 saturated carbocycles. The zero-order valence-electron chi connectivity index (χ0n) is 11.3. The first-order chi connectivity index (χ1) is 8.43. The van der Waals surface area contributed by atoms with Crippen molar-refractivity contribution in [3.63, 3.8) is 0 Å². The highest BCUT2D eigenvalue weighted by molar-refractivity contribution is 5.61. The Morgan fingerprint density at radius 3 is 2.67 bits per heavy atom. The quantitative estimate of drug-likeness (QED) is 0.608. The number of aryl methyl sites for hydroxylation is 2. The molecule has 1 atom stereocenters. The van der Waals surface area contributed by atoms with Gasteiger partial charge in [-0.3, -0.25) is 10.1 Å². The predicted octanol–water partition coefficient (Wildman–Crippen LogP) is 1.10. The van der Waals surface area contributed by atoms with Crippen molar-refractivity contribution in [3.05, 3.63) is 15.8 Å². The third kappa shape index (κ3) is 2.61. The van der Waals surface area contributed by atoms with Gasteiger partial charge in [-0.1, -0.05) is 13.3 Å². The van der Waals surface area contributed by atoms with Gasteiger partial charge in [-0.15, -0.1) is 0 Å². The lowest BCUT2D eigenvalue weighted by Gasteiger charge is -2.24. The molecule has 1 heterocycles. The molecule has 1 N–H and O–H groups in total. The number of aliphatic hydroxyl groups excluding tert-OH is 1.